The van der Waals surface area contributed by atoms with Gasteiger partial charge in [-0.2, -0.15) is 0 Å². The lowest BCUT2D eigenvalue weighted by Gasteiger charge is -2.26. The van der Waals surface area contributed by atoms with Crippen molar-refractivity contribution in [3.05, 3.63) is 80.0 Å². The molecule has 29 heavy (non-hydrogen) atoms. The smallest absolute Gasteiger partial charge is 0.331 e. The van der Waals surface area contributed by atoms with Gasteiger partial charge < -0.3 is 13.7 Å². The maximum atomic E-state index is 13.2. The summed E-state index contributed by atoms with van der Waals surface area (Å²) < 4.78 is 16.3. The molecule has 0 amide bonds. The van der Waals surface area contributed by atoms with E-state index >= 15 is 0 Å². The number of fused-ring (bicyclic) bond motifs is 3. The van der Waals surface area contributed by atoms with Crippen LogP contribution in [0.4, 0.5) is 0 Å². The van der Waals surface area contributed by atoms with Crippen LogP contribution in [0.3, 0.4) is 0 Å². The molecule has 0 radical (unpaired) electrons. The number of aryl methyl sites for hydroxylation is 1. The Morgan fingerprint density at radius 2 is 1.83 bits per heavy atom. The second kappa shape index (κ2) is 6.50. The standard InChI is InChI=1S/C21H18ClN3O4/c1-23-17-15(20(26)24(2)21(23)27)16(12-5-7-13(22)8-6-12)25-9-11-29-19(18(17)25)14-4-3-10-28-14/h3-8,10,19H,9,11H2,1-2H3. The number of ether oxygens (including phenoxy) is 1. The van der Waals surface area contributed by atoms with Gasteiger partial charge in [0.1, 0.15) is 5.76 Å². The van der Waals surface area contributed by atoms with Gasteiger partial charge in [-0.25, -0.2) is 4.79 Å². The average molecular weight is 412 g/mol. The summed E-state index contributed by atoms with van der Waals surface area (Å²) in [5.74, 6) is 0.626. The van der Waals surface area contributed by atoms with Crippen molar-refractivity contribution < 1.29 is 9.15 Å². The Kier molecular flexibility index (Phi) is 4.04. The van der Waals surface area contributed by atoms with Crippen LogP contribution < -0.4 is 11.2 Å². The topological polar surface area (TPSA) is 71.3 Å². The van der Waals surface area contributed by atoms with E-state index in [0.717, 1.165) is 21.5 Å². The molecule has 1 atom stereocenters. The van der Waals surface area contributed by atoms with Crippen LogP contribution in [0, 0.1) is 0 Å². The molecule has 0 bridgehead atoms. The minimum Gasteiger partial charge on any atom is -0.466 e. The van der Waals surface area contributed by atoms with Crippen LogP contribution in [0.25, 0.3) is 22.2 Å². The molecule has 7 nitrogen and oxygen atoms in total. The third-order valence-electron chi connectivity index (χ3n) is 5.47. The molecule has 8 heteroatoms. The van der Waals surface area contributed by atoms with E-state index in [0.29, 0.717) is 34.8 Å². The number of hydrogen-bond donors (Lipinski definition) is 0. The molecule has 0 spiro atoms. The molecule has 0 aliphatic carbocycles. The molecule has 148 valence electrons. The van der Waals surface area contributed by atoms with Crippen molar-refractivity contribution in [3.63, 3.8) is 0 Å². The van der Waals surface area contributed by atoms with E-state index in [2.05, 4.69) is 4.57 Å². The summed E-state index contributed by atoms with van der Waals surface area (Å²) in [6.45, 7) is 1.00. The molecule has 1 unspecified atom stereocenters. The van der Waals surface area contributed by atoms with Gasteiger partial charge in [0.15, 0.2) is 6.10 Å². The van der Waals surface area contributed by atoms with E-state index < -0.39 is 6.10 Å². The molecule has 4 aromatic rings. The lowest BCUT2D eigenvalue weighted by molar-refractivity contribution is 0.0347. The average Bonchev–Trinajstić information content (AvgIpc) is 3.37. The minimum absolute atomic E-state index is 0.340. The van der Waals surface area contributed by atoms with Gasteiger partial charge in [0.25, 0.3) is 5.56 Å². The van der Waals surface area contributed by atoms with Crippen molar-refractivity contribution in [2.45, 2.75) is 12.6 Å². The quantitative estimate of drug-likeness (QED) is 0.508. The van der Waals surface area contributed by atoms with Crippen molar-refractivity contribution in [2.24, 2.45) is 14.1 Å². The number of benzene rings is 1. The van der Waals surface area contributed by atoms with Crippen LogP contribution in [0.5, 0.6) is 0 Å². The van der Waals surface area contributed by atoms with Gasteiger partial charge in [0, 0.05) is 25.7 Å². The molecule has 0 saturated carbocycles. The van der Waals surface area contributed by atoms with E-state index in [9.17, 15) is 9.59 Å². The Labute approximate surface area is 170 Å². The van der Waals surface area contributed by atoms with Crippen molar-refractivity contribution in [2.75, 3.05) is 6.61 Å². The number of nitrogens with zero attached hydrogens (tertiary/aromatic N) is 3. The monoisotopic (exact) mass is 411 g/mol. The first kappa shape index (κ1) is 18.0. The maximum Gasteiger partial charge on any atom is 0.331 e. The lowest BCUT2D eigenvalue weighted by Crippen LogP contribution is -2.37. The highest BCUT2D eigenvalue weighted by molar-refractivity contribution is 6.30. The maximum absolute atomic E-state index is 13.2. The van der Waals surface area contributed by atoms with Crippen LogP contribution >= 0.6 is 11.6 Å². The first-order valence-corrected chi connectivity index (χ1v) is 9.60. The Morgan fingerprint density at radius 3 is 2.52 bits per heavy atom. The molecule has 0 fully saturated rings. The largest absolute Gasteiger partial charge is 0.466 e. The summed E-state index contributed by atoms with van der Waals surface area (Å²) in [5, 5.41) is 1.09. The van der Waals surface area contributed by atoms with Crippen LogP contribution in [0.2, 0.25) is 5.02 Å². The third-order valence-corrected chi connectivity index (χ3v) is 5.72. The fraction of sp³-hybridized carbons (Fsp3) is 0.238. The fourth-order valence-electron chi connectivity index (χ4n) is 4.14. The van der Waals surface area contributed by atoms with Gasteiger partial charge in [-0.05, 0) is 29.8 Å². The van der Waals surface area contributed by atoms with Crippen molar-refractivity contribution in [1.29, 1.82) is 0 Å². The molecule has 5 rings (SSSR count). The van der Waals surface area contributed by atoms with Crippen LogP contribution in [-0.4, -0.2) is 20.3 Å². The van der Waals surface area contributed by atoms with Crippen molar-refractivity contribution in [3.8, 4) is 11.3 Å². The first-order valence-electron chi connectivity index (χ1n) is 9.22. The zero-order valence-electron chi connectivity index (χ0n) is 15.9. The predicted octanol–water partition coefficient (Wildman–Crippen LogP) is 3.07. The van der Waals surface area contributed by atoms with Crippen LogP contribution in [-0.2, 0) is 25.4 Å². The minimum atomic E-state index is -0.514. The molecule has 4 heterocycles. The zero-order chi connectivity index (χ0) is 20.3. The van der Waals surface area contributed by atoms with E-state index in [1.54, 1.807) is 31.5 Å². The number of hydrogen-bond acceptors (Lipinski definition) is 4. The van der Waals surface area contributed by atoms with Gasteiger partial charge in [0.05, 0.1) is 35.2 Å². The molecule has 1 aliphatic rings. The highest BCUT2D eigenvalue weighted by Gasteiger charge is 2.34. The summed E-state index contributed by atoms with van der Waals surface area (Å²) in [7, 11) is 3.16. The molecule has 1 aliphatic heterocycles. The van der Waals surface area contributed by atoms with Crippen LogP contribution in [0.1, 0.15) is 17.6 Å². The number of aromatic nitrogens is 3. The van der Waals surface area contributed by atoms with Gasteiger partial charge in [-0.15, -0.1) is 0 Å². The summed E-state index contributed by atoms with van der Waals surface area (Å²) in [6.07, 6.45) is 1.07. The predicted molar refractivity (Wildman–Crippen MR) is 109 cm³/mol. The number of furan rings is 1. The summed E-state index contributed by atoms with van der Waals surface area (Å²) in [4.78, 5) is 25.9. The molecular weight excluding hydrogens is 394 g/mol. The lowest BCUT2D eigenvalue weighted by atomic mass is 10.1. The molecule has 3 aromatic heterocycles. The summed E-state index contributed by atoms with van der Waals surface area (Å²) in [6, 6.07) is 11.0. The van der Waals surface area contributed by atoms with Crippen molar-refractivity contribution >= 4 is 22.5 Å². The van der Waals surface area contributed by atoms with E-state index in [1.165, 1.54) is 11.6 Å². The fourth-order valence-corrected chi connectivity index (χ4v) is 4.27. The zero-order valence-corrected chi connectivity index (χ0v) is 16.6. The second-order valence-corrected chi connectivity index (χ2v) is 7.52. The normalized spacial score (nSPS) is 16.3. The Bertz CT molecular complexity index is 1340. The van der Waals surface area contributed by atoms with E-state index in [4.69, 9.17) is 20.8 Å². The number of halogens is 1. The second-order valence-electron chi connectivity index (χ2n) is 7.09. The van der Waals surface area contributed by atoms with E-state index in [-0.39, 0.29) is 11.2 Å². The van der Waals surface area contributed by atoms with E-state index in [1.807, 2.05) is 18.2 Å². The first-order chi connectivity index (χ1) is 14.0. The SMILES string of the molecule is Cn1c(=O)c2c(-c3ccc(Cl)cc3)n3c(c2n(C)c1=O)C(c1ccco1)OCC3. The van der Waals surface area contributed by atoms with Gasteiger partial charge in [-0.3, -0.25) is 13.9 Å². The molecule has 0 N–H and O–H groups in total. The Balaban J connectivity index is 1.97. The Morgan fingerprint density at radius 1 is 1.07 bits per heavy atom. The summed E-state index contributed by atoms with van der Waals surface area (Å²) in [5.41, 5.74) is 2.17. The van der Waals surface area contributed by atoms with Gasteiger partial charge in [0.2, 0.25) is 0 Å². The van der Waals surface area contributed by atoms with Gasteiger partial charge in [-0.1, -0.05) is 23.7 Å². The number of rotatable bonds is 2. The highest BCUT2D eigenvalue weighted by atomic mass is 35.5. The molecule has 1 aromatic carbocycles. The highest BCUT2D eigenvalue weighted by Crippen LogP contribution is 2.40. The summed E-state index contributed by atoms with van der Waals surface area (Å²) >= 11 is 6.08. The molecular formula is C21H18ClN3O4. The van der Waals surface area contributed by atoms with Gasteiger partial charge >= 0.3 is 5.69 Å². The Hall–Kier alpha value is -3.03. The molecule has 0 saturated heterocycles. The van der Waals surface area contributed by atoms with Crippen LogP contribution in [0.15, 0.2) is 56.7 Å². The third kappa shape index (κ3) is 2.54. The van der Waals surface area contributed by atoms with Crippen molar-refractivity contribution in [1.82, 2.24) is 13.7 Å².